The topological polar surface area (TPSA) is 99.0 Å². The highest BCUT2D eigenvalue weighted by molar-refractivity contribution is 5.31. The minimum atomic E-state index is -0.996. The van der Waals surface area contributed by atoms with Gasteiger partial charge in [-0.2, -0.15) is 4.68 Å². The van der Waals surface area contributed by atoms with E-state index in [2.05, 4.69) is 15.5 Å². The quantitative estimate of drug-likeness (QED) is 0.110. The fraction of sp³-hybridized carbons (Fsp3) is 0.244. The smallest absolute Gasteiger partial charge is 0.342 e. The maximum atomic E-state index is 6.81. The van der Waals surface area contributed by atoms with E-state index in [0.717, 1.165) is 27.9 Å². The zero-order chi connectivity index (χ0) is 34.5. The van der Waals surface area contributed by atoms with Gasteiger partial charge in [0, 0.05) is 0 Å². The van der Waals surface area contributed by atoms with Gasteiger partial charge < -0.3 is 28.4 Å². The highest BCUT2D eigenvalue weighted by Gasteiger charge is 2.50. The Morgan fingerprint density at radius 3 is 1.49 bits per heavy atom. The Kier molecular flexibility index (Phi) is 11.8. The van der Waals surface area contributed by atoms with Crippen molar-refractivity contribution in [1.82, 2.24) is 20.2 Å². The summed E-state index contributed by atoms with van der Waals surface area (Å²) in [4.78, 5) is 0. The van der Waals surface area contributed by atoms with Crippen molar-refractivity contribution in [2.45, 2.75) is 57.1 Å². The molecule has 1 fully saturated rings. The summed E-state index contributed by atoms with van der Waals surface area (Å²) < 4.78 is 41.4. The first kappa shape index (κ1) is 34.2. The molecule has 10 heteroatoms. The lowest BCUT2D eigenvalue weighted by Crippen LogP contribution is -2.62. The van der Waals surface area contributed by atoms with Crippen molar-refractivity contribution in [3.8, 4) is 11.7 Å². The number of hydrogen-bond donors (Lipinski definition) is 0. The predicted octanol–water partition coefficient (Wildman–Crippen LogP) is 6.74. The average Bonchev–Trinajstić information content (AvgIpc) is 3.66. The van der Waals surface area contributed by atoms with Crippen LogP contribution >= 0.6 is 0 Å². The average molecular weight is 685 g/mol. The Hall–Kier alpha value is -5.23. The van der Waals surface area contributed by atoms with Crippen molar-refractivity contribution in [2.75, 3.05) is 6.61 Å². The van der Waals surface area contributed by atoms with Gasteiger partial charge in [-0.1, -0.05) is 145 Å². The van der Waals surface area contributed by atoms with E-state index in [1.54, 1.807) is 0 Å². The Bertz CT molecular complexity index is 1870. The third kappa shape index (κ3) is 9.31. The van der Waals surface area contributed by atoms with Gasteiger partial charge in [-0.15, -0.1) is 0 Å². The van der Waals surface area contributed by atoms with Crippen molar-refractivity contribution in [3.05, 3.63) is 174 Å². The molecule has 0 amide bonds. The van der Waals surface area contributed by atoms with Crippen molar-refractivity contribution in [3.63, 3.8) is 0 Å². The van der Waals surface area contributed by atoms with Gasteiger partial charge in [0.15, 0.2) is 0 Å². The Labute approximate surface area is 297 Å². The number of benzene rings is 5. The van der Waals surface area contributed by atoms with Gasteiger partial charge in [0.1, 0.15) is 24.4 Å². The SMILES string of the molecule is c1ccc(COC[C@H]2O[C@H](Oc3nnnn3-c3ccccc3)[C@@H](OCc3ccccc3)[C@@H](OCc3ccccc3)[C@@H]2OCc2ccccc2)cc1. The molecule has 0 radical (unpaired) electrons. The molecule has 6 aromatic rings. The first-order valence-corrected chi connectivity index (χ1v) is 17.0. The van der Waals surface area contributed by atoms with Crippen LogP contribution in [0.15, 0.2) is 152 Å². The lowest BCUT2D eigenvalue weighted by Gasteiger charge is -2.45. The van der Waals surface area contributed by atoms with Crippen LogP contribution in [-0.4, -0.2) is 57.5 Å². The monoisotopic (exact) mass is 684 g/mol. The summed E-state index contributed by atoms with van der Waals surface area (Å²) in [6.07, 6.45) is -3.62. The van der Waals surface area contributed by atoms with Gasteiger partial charge in [-0.3, -0.25) is 0 Å². The fourth-order valence-corrected chi connectivity index (χ4v) is 5.93. The lowest BCUT2D eigenvalue weighted by atomic mass is 9.97. The number of nitrogens with zero attached hydrogens (tertiary/aromatic N) is 4. The molecule has 260 valence electrons. The van der Waals surface area contributed by atoms with E-state index in [-0.39, 0.29) is 19.2 Å². The molecule has 5 aromatic carbocycles. The molecule has 1 aliphatic rings. The standard InChI is InChI=1S/C41H40N4O6/c1-6-16-31(17-7-1)26-46-30-36-37(47-27-32-18-8-2-9-19-32)38(48-28-33-20-10-3-11-21-33)39(49-29-34-22-12-4-13-23-34)40(50-36)51-41-42-43-44-45(41)35-24-14-5-15-25-35/h1-25,36-40H,26-30H2/t36-,37-,38+,39+,40-/m1/s1. The summed E-state index contributed by atoms with van der Waals surface area (Å²) in [6, 6.07) is 49.7. The van der Waals surface area contributed by atoms with Gasteiger partial charge in [-0.05, 0) is 44.8 Å². The molecular weight excluding hydrogens is 644 g/mol. The van der Waals surface area contributed by atoms with E-state index < -0.39 is 30.7 Å². The highest BCUT2D eigenvalue weighted by Crippen LogP contribution is 2.32. The van der Waals surface area contributed by atoms with Gasteiger partial charge in [-0.25, -0.2) is 0 Å². The Morgan fingerprint density at radius 2 is 0.961 bits per heavy atom. The van der Waals surface area contributed by atoms with Crippen LogP contribution in [0.25, 0.3) is 5.69 Å². The van der Waals surface area contributed by atoms with Crippen molar-refractivity contribution in [1.29, 1.82) is 0 Å². The van der Waals surface area contributed by atoms with Crippen LogP contribution in [0.3, 0.4) is 0 Å². The zero-order valence-electron chi connectivity index (χ0n) is 28.1. The number of rotatable bonds is 16. The molecule has 7 rings (SSSR count). The summed E-state index contributed by atoms with van der Waals surface area (Å²) in [6.45, 7) is 1.53. The Balaban J connectivity index is 1.23. The number of para-hydroxylation sites is 1. The van der Waals surface area contributed by atoms with Gasteiger partial charge >= 0.3 is 6.01 Å². The first-order chi connectivity index (χ1) is 25.3. The predicted molar refractivity (Wildman–Crippen MR) is 190 cm³/mol. The molecule has 0 spiro atoms. The summed E-state index contributed by atoms with van der Waals surface area (Å²) in [5.74, 6) is 0. The van der Waals surface area contributed by atoms with Gasteiger partial charge in [0.2, 0.25) is 6.29 Å². The van der Waals surface area contributed by atoms with Crippen LogP contribution in [0.2, 0.25) is 0 Å². The number of hydrogen-bond acceptors (Lipinski definition) is 9. The zero-order valence-corrected chi connectivity index (χ0v) is 28.1. The molecule has 5 atom stereocenters. The molecule has 0 unspecified atom stereocenters. The molecule has 10 nitrogen and oxygen atoms in total. The van der Waals surface area contributed by atoms with Crippen LogP contribution in [-0.2, 0) is 50.1 Å². The molecule has 1 aliphatic heterocycles. The summed E-state index contributed by atoms with van der Waals surface area (Å²) >= 11 is 0. The number of tetrazole rings is 1. The maximum Gasteiger partial charge on any atom is 0.342 e. The van der Waals surface area contributed by atoms with E-state index in [0.29, 0.717) is 19.8 Å². The lowest BCUT2D eigenvalue weighted by molar-refractivity contribution is -0.311. The second-order valence-electron chi connectivity index (χ2n) is 12.2. The molecule has 2 heterocycles. The van der Waals surface area contributed by atoms with Crippen LogP contribution in [0.4, 0.5) is 0 Å². The van der Waals surface area contributed by atoms with Crippen molar-refractivity contribution in [2.24, 2.45) is 0 Å². The molecule has 1 aromatic heterocycles. The van der Waals surface area contributed by atoms with E-state index in [1.165, 1.54) is 4.68 Å². The van der Waals surface area contributed by atoms with Gasteiger partial charge in [0.25, 0.3) is 0 Å². The van der Waals surface area contributed by atoms with Crippen LogP contribution in [0.5, 0.6) is 6.01 Å². The van der Waals surface area contributed by atoms with E-state index in [4.69, 9.17) is 28.4 Å². The minimum Gasteiger partial charge on any atom is -0.429 e. The van der Waals surface area contributed by atoms with Gasteiger partial charge in [0.05, 0.1) is 38.7 Å². The largest absolute Gasteiger partial charge is 0.429 e. The second-order valence-corrected chi connectivity index (χ2v) is 12.2. The number of ether oxygens (including phenoxy) is 6. The van der Waals surface area contributed by atoms with Crippen molar-refractivity contribution < 1.29 is 28.4 Å². The van der Waals surface area contributed by atoms with Crippen LogP contribution < -0.4 is 4.74 Å². The van der Waals surface area contributed by atoms with E-state index in [1.807, 2.05) is 152 Å². The summed E-state index contributed by atoms with van der Waals surface area (Å²) in [5, 5.41) is 12.3. The molecule has 0 saturated carbocycles. The molecule has 0 N–H and O–H groups in total. The summed E-state index contributed by atoms with van der Waals surface area (Å²) in [5.41, 5.74) is 4.80. The van der Waals surface area contributed by atoms with E-state index in [9.17, 15) is 0 Å². The maximum absolute atomic E-state index is 6.81. The third-order valence-corrected chi connectivity index (χ3v) is 8.50. The Morgan fingerprint density at radius 1 is 0.510 bits per heavy atom. The molecular formula is C41H40N4O6. The molecule has 1 saturated heterocycles. The van der Waals surface area contributed by atoms with Crippen LogP contribution in [0, 0.1) is 0 Å². The number of aromatic nitrogens is 4. The third-order valence-electron chi connectivity index (χ3n) is 8.50. The normalized spacial score (nSPS) is 20.2. The summed E-state index contributed by atoms with van der Waals surface area (Å²) in [7, 11) is 0. The van der Waals surface area contributed by atoms with Crippen molar-refractivity contribution >= 4 is 0 Å². The second kappa shape index (κ2) is 17.6. The first-order valence-electron chi connectivity index (χ1n) is 17.0. The fourth-order valence-electron chi connectivity index (χ4n) is 5.93. The minimum absolute atomic E-state index is 0.147. The van der Waals surface area contributed by atoms with Crippen LogP contribution in [0.1, 0.15) is 22.3 Å². The molecule has 0 aliphatic carbocycles. The molecule has 51 heavy (non-hydrogen) atoms. The van der Waals surface area contributed by atoms with E-state index >= 15 is 0 Å². The molecule has 0 bridgehead atoms. The highest BCUT2D eigenvalue weighted by atomic mass is 16.7.